The van der Waals surface area contributed by atoms with E-state index in [1.54, 1.807) is 6.92 Å². The highest BCUT2D eigenvalue weighted by molar-refractivity contribution is 6.05. The van der Waals surface area contributed by atoms with Gasteiger partial charge in [0.15, 0.2) is 5.78 Å². The van der Waals surface area contributed by atoms with Gasteiger partial charge in [-0.3, -0.25) is 9.59 Å². The standard InChI is InChI=1S/C17H20O3/c1-2-20-16(19)17(13-7-11-15(17)18)12-6-10-14-8-4-3-5-9-14/h3-6,8-10H,2,7,11-13H2,1H3/b10-6+. The van der Waals surface area contributed by atoms with E-state index in [1.165, 1.54) is 0 Å². The molecule has 2 rings (SSSR count). The molecule has 3 heteroatoms. The minimum atomic E-state index is -0.943. The van der Waals surface area contributed by atoms with Crippen molar-refractivity contribution >= 4 is 17.8 Å². The second kappa shape index (κ2) is 6.51. The summed E-state index contributed by atoms with van der Waals surface area (Å²) in [4.78, 5) is 24.3. The van der Waals surface area contributed by atoms with E-state index in [4.69, 9.17) is 4.74 Å². The molecule has 0 spiro atoms. The third-order valence-electron chi connectivity index (χ3n) is 3.78. The highest BCUT2D eigenvalue weighted by atomic mass is 16.5. The van der Waals surface area contributed by atoms with E-state index in [9.17, 15) is 9.59 Å². The van der Waals surface area contributed by atoms with Crippen molar-refractivity contribution in [3.8, 4) is 0 Å². The monoisotopic (exact) mass is 272 g/mol. The van der Waals surface area contributed by atoms with Crippen molar-refractivity contribution in [1.29, 1.82) is 0 Å². The Labute approximate surface area is 119 Å². The molecular weight excluding hydrogens is 252 g/mol. The number of Topliss-reactive ketones (excluding diaryl/α,β-unsaturated/α-hetero) is 1. The number of rotatable bonds is 5. The van der Waals surface area contributed by atoms with Crippen LogP contribution >= 0.6 is 0 Å². The number of benzene rings is 1. The molecule has 1 fully saturated rings. The fraction of sp³-hybridized carbons (Fsp3) is 0.412. The molecule has 106 valence electrons. The van der Waals surface area contributed by atoms with E-state index < -0.39 is 5.41 Å². The van der Waals surface area contributed by atoms with Gasteiger partial charge in [0.25, 0.3) is 0 Å². The normalized spacial score (nSPS) is 22.4. The first kappa shape index (κ1) is 14.5. The quantitative estimate of drug-likeness (QED) is 0.609. The van der Waals surface area contributed by atoms with Gasteiger partial charge >= 0.3 is 5.97 Å². The zero-order valence-electron chi connectivity index (χ0n) is 11.8. The molecule has 1 aromatic rings. The summed E-state index contributed by atoms with van der Waals surface area (Å²) in [5, 5.41) is 0. The van der Waals surface area contributed by atoms with Gasteiger partial charge in [0.2, 0.25) is 0 Å². The first-order valence-corrected chi connectivity index (χ1v) is 7.11. The van der Waals surface area contributed by atoms with Gasteiger partial charge in [-0.15, -0.1) is 0 Å². The average Bonchev–Trinajstić information content (AvgIpc) is 2.83. The largest absolute Gasteiger partial charge is 0.465 e. The van der Waals surface area contributed by atoms with Crippen LogP contribution in [0.5, 0.6) is 0 Å². The number of ether oxygens (including phenoxy) is 1. The Balaban J connectivity index is 2.11. The lowest BCUT2D eigenvalue weighted by Gasteiger charge is -2.23. The van der Waals surface area contributed by atoms with Gasteiger partial charge in [-0.25, -0.2) is 0 Å². The van der Waals surface area contributed by atoms with Crippen LogP contribution in [-0.2, 0) is 14.3 Å². The van der Waals surface area contributed by atoms with Crippen molar-refractivity contribution in [2.45, 2.75) is 32.6 Å². The van der Waals surface area contributed by atoms with Crippen LogP contribution in [0, 0.1) is 5.41 Å². The highest BCUT2D eigenvalue weighted by Gasteiger charge is 2.48. The fourth-order valence-corrected chi connectivity index (χ4v) is 2.67. The van der Waals surface area contributed by atoms with Crippen LogP contribution in [-0.4, -0.2) is 18.4 Å². The van der Waals surface area contributed by atoms with Gasteiger partial charge in [-0.05, 0) is 31.7 Å². The Morgan fingerprint density at radius 1 is 1.35 bits per heavy atom. The summed E-state index contributed by atoms with van der Waals surface area (Å²) in [6.45, 7) is 2.08. The fourth-order valence-electron chi connectivity index (χ4n) is 2.67. The predicted molar refractivity (Wildman–Crippen MR) is 78.0 cm³/mol. The van der Waals surface area contributed by atoms with Gasteiger partial charge < -0.3 is 4.74 Å². The summed E-state index contributed by atoms with van der Waals surface area (Å²) in [6, 6.07) is 9.86. The lowest BCUT2D eigenvalue weighted by Crippen LogP contribution is -2.36. The Morgan fingerprint density at radius 2 is 2.10 bits per heavy atom. The van der Waals surface area contributed by atoms with Gasteiger partial charge in [0.05, 0.1) is 6.61 Å². The molecule has 0 radical (unpaired) electrons. The zero-order chi connectivity index (χ0) is 14.4. The molecule has 1 aliphatic carbocycles. The van der Waals surface area contributed by atoms with Crippen LogP contribution in [0.15, 0.2) is 36.4 Å². The molecule has 1 atom stereocenters. The molecule has 1 aliphatic rings. The molecule has 0 aromatic heterocycles. The highest BCUT2D eigenvalue weighted by Crippen LogP contribution is 2.39. The molecule has 1 unspecified atom stereocenters. The molecule has 20 heavy (non-hydrogen) atoms. The first-order chi connectivity index (χ1) is 9.69. The minimum Gasteiger partial charge on any atom is -0.465 e. The van der Waals surface area contributed by atoms with Crippen LogP contribution in [0.2, 0.25) is 0 Å². The maximum atomic E-state index is 12.1. The Hall–Kier alpha value is -1.90. The van der Waals surface area contributed by atoms with E-state index >= 15 is 0 Å². The Kier molecular flexibility index (Phi) is 4.72. The van der Waals surface area contributed by atoms with Crippen LogP contribution in [0.3, 0.4) is 0 Å². The summed E-state index contributed by atoms with van der Waals surface area (Å²) in [6.07, 6.45) is 6.15. The van der Waals surface area contributed by atoms with Gasteiger partial charge in [-0.1, -0.05) is 42.5 Å². The van der Waals surface area contributed by atoms with E-state index in [-0.39, 0.29) is 11.8 Å². The zero-order valence-corrected chi connectivity index (χ0v) is 11.8. The van der Waals surface area contributed by atoms with E-state index in [0.717, 1.165) is 12.0 Å². The van der Waals surface area contributed by atoms with Crippen LogP contribution < -0.4 is 0 Å². The molecule has 0 bridgehead atoms. The number of carbonyl (C=O) groups is 2. The van der Waals surface area contributed by atoms with Crippen LogP contribution in [0.1, 0.15) is 38.2 Å². The maximum Gasteiger partial charge on any atom is 0.319 e. The number of esters is 1. The van der Waals surface area contributed by atoms with Crippen molar-refractivity contribution in [1.82, 2.24) is 0 Å². The number of carbonyl (C=O) groups excluding carboxylic acids is 2. The minimum absolute atomic E-state index is 0.0219. The summed E-state index contributed by atoms with van der Waals surface area (Å²) < 4.78 is 5.11. The smallest absolute Gasteiger partial charge is 0.319 e. The third kappa shape index (κ3) is 2.98. The van der Waals surface area contributed by atoms with E-state index in [1.807, 2.05) is 42.5 Å². The Morgan fingerprint density at radius 3 is 2.70 bits per heavy atom. The SMILES string of the molecule is CCOC(=O)C1(C/C=C/c2ccccc2)CCCC1=O. The summed E-state index contributed by atoms with van der Waals surface area (Å²) in [5.41, 5.74) is 0.123. The van der Waals surface area contributed by atoms with Gasteiger partial charge in [-0.2, -0.15) is 0 Å². The molecule has 1 aromatic carbocycles. The molecule has 0 saturated heterocycles. The van der Waals surface area contributed by atoms with Crippen molar-refractivity contribution in [2.75, 3.05) is 6.61 Å². The molecule has 3 nitrogen and oxygen atoms in total. The van der Waals surface area contributed by atoms with Crippen molar-refractivity contribution in [3.63, 3.8) is 0 Å². The molecule has 0 aliphatic heterocycles. The van der Waals surface area contributed by atoms with Crippen LogP contribution in [0.25, 0.3) is 6.08 Å². The predicted octanol–water partition coefficient (Wildman–Crippen LogP) is 3.39. The molecular formula is C17H20O3. The van der Waals surface area contributed by atoms with Crippen molar-refractivity contribution < 1.29 is 14.3 Å². The van der Waals surface area contributed by atoms with Gasteiger partial charge in [0, 0.05) is 6.42 Å². The number of ketones is 1. The molecule has 1 saturated carbocycles. The summed E-state index contributed by atoms with van der Waals surface area (Å²) >= 11 is 0. The third-order valence-corrected chi connectivity index (χ3v) is 3.78. The van der Waals surface area contributed by atoms with Crippen LogP contribution in [0.4, 0.5) is 0 Å². The lowest BCUT2D eigenvalue weighted by atomic mass is 9.81. The topological polar surface area (TPSA) is 43.4 Å². The van der Waals surface area contributed by atoms with E-state index in [2.05, 4.69) is 0 Å². The summed E-state index contributed by atoms with van der Waals surface area (Å²) in [5.74, 6) is -0.339. The second-order valence-electron chi connectivity index (χ2n) is 5.10. The first-order valence-electron chi connectivity index (χ1n) is 7.11. The number of hydrogen-bond acceptors (Lipinski definition) is 3. The molecule has 0 amide bonds. The summed E-state index contributed by atoms with van der Waals surface area (Å²) in [7, 11) is 0. The Bertz CT molecular complexity index is 504. The van der Waals surface area contributed by atoms with Crippen molar-refractivity contribution in [2.24, 2.45) is 5.41 Å². The maximum absolute atomic E-state index is 12.1. The van der Waals surface area contributed by atoms with E-state index in [0.29, 0.717) is 25.9 Å². The number of allylic oxidation sites excluding steroid dienone is 1. The second-order valence-corrected chi connectivity index (χ2v) is 5.10. The lowest BCUT2D eigenvalue weighted by molar-refractivity contribution is -0.158. The van der Waals surface area contributed by atoms with Crippen molar-refractivity contribution in [3.05, 3.63) is 42.0 Å². The average molecular weight is 272 g/mol. The molecule has 0 N–H and O–H groups in total. The molecule has 0 heterocycles. The van der Waals surface area contributed by atoms with Gasteiger partial charge in [0.1, 0.15) is 5.41 Å². The number of hydrogen-bond donors (Lipinski definition) is 0.